The van der Waals surface area contributed by atoms with E-state index in [-0.39, 0.29) is 30.2 Å². The zero-order valence-corrected chi connectivity index (χ0v) is 18.6. The monoisotopic (exact) mass is 464 g/mol. The molecule has 7 rings (SSSR count). The first kappa shape index (κ1) is 20.0. The van der Waals surface area contributed by atoms with Crippen molar-refractivity contribution in [2.24, 2.45) is 0 Å². The van der Waals surface area contributed by atoms with Crippen molar-refractivity contribution in [1.82, 2.24) is 24.9 Å². The smallest absolute Gasteiger partial charge is 0.256 e. The van der Waals surface area contributed by atoms with Crippen molar-refractivity contribution in [1.29, 1.82) is 0 Å². The lowest BCUT2D eigenvalue weighted by Crippen LogP contribution is -2.47. The van der Waals surface area contributed by atoms with E-state index in [1.165, 1.54) is 12.3 Å². The normalized spacial score (nSPS) is 27.9. The molecule has 0 saturated heterocycles. The topological polar surface area (TPSA) is 93.9 Å². The minimum atomic E-state index is -0.393. The maximum atomic E-state index is 14.3. The maximum Gasteiger partial charge on any atom is 0.256 e. The first-order chi connectivity index (χ1) is 16.6. The van der Waals surface area contributed by atoms with Gasteiger partial charge in [-0.3, -0.25) is 4.79 Å². The highest BCUT2D eigenvalue weighted by Gasteiger charge is 2.41. The van der Waals surface area contributed by atoms with Crippen molar-refractivity contribution in [2.75, 3.05) is 4.90 Å². The van der Waals surface area contributed by atoms with E-state index in [1.807, 2.05) is 0 Å². The van der Waals surface area contributed by atoms with Gasteiger partial charge in [-0.2, -0.15) is 5.10 Å². The van der Waals surface area contributed by atoms with Crippen LogP contribution in [0.4, 0.5) is 10.2 Å². The van der Waals surface area contributed by atoms with Crippen LogP contribution >= 0.6 is 0 Å². The van der Waals surface area contributed by atoms with Gasteiger partial charge in [0.05, 0.1) is 31.2 Å². The zero-order valence-electron chi connectivity index (χ0n) is 18.6. The molecule has 3 aromatic rings. The van der Waals surface area contributed by atoms with Crippen LogP contribution in [0.15, 0.2) is 24.7 Å². The molecule has 2 aliphatic heterocycles. The number of anilines is 1. The Morgan fingerprint density at radius 3 is 2.97 bits per heavy atom. The second-order valence-corrected chi connectivity index (χ2v) is 9.73. The van der Waals surface area contributed by atoms with Gasteiger partial charge in [-0.15, -0.1) is 0 Å². The molecule has 4 aliphatic rings. The lowest BCUT2D eigenvalue weighted by Gasteiger charge is -2.40. The van der Waals surface area contributed by atoms with Gasteiger partial charge in [0.15, 0.2) is 17.2 Å². The average Bonchev–Trinajstić information content (AvgIpc) is 3.46. The Balaban J connectivity index is 1.42. The molecule has 2 aliphatic carbocycles. The molecular formula is C24H25FN6O3. The van der Waals surface area contributed by atoms with Crippen LogP contribution in [-0.4, -0.2) is 49.8 Å². The van der Waals surface area contributed by atoms with Crippen LogP contribution in [0.5, 0.6) is 11.6 Å². The van der Waals surface area contributed by atoms with E-state index in [9.17, 15) is 9.18 Å². The van der Waals surface area contributed by atoms with Crippen LogP contribution in [0, 0.1) is 5.82 Å². The molecule has 4 atom stereocenters. The van der Waals surface area contributed by atoms with E-state index in [0.717, 1.165) is 38.5 Å². The Hall–Kier alpha value is -3.43. The first-order valence-corrected chi connectivity index (χ1v) is 12.1. The fourth-order valence-electron chi connectivity index (χ4n) is 5.92. The highest BCUT2D eigenvalue weighted by Crippen LogP contribution is 2.42. The number of carbonyl (C=O) groups is 1. The van der Waals surface area contributed by atoms with Crippen LogP contribution in [-0.2, 0) is 6.54 Å². The largest absolute Gasteiger partial charge is 0.483 e. The van der Waals surface area contributed by atoms with E-state index in [1.54, 1.807) is 16.9 Å². The summed E-state index contributed by atoms with van der Waals surface area (Å²) >= 11 is 0. The predicted octanol–water partition coefficient (Wildman–Crippen LogP) is 3.02. The quantitative estimate of drug-likeness (QED) is 0.547. The Kier molecular flexibility index (Phi) is 4.43. The number of carbonyl (C=O) groups excluding carboxylic acids is 1. The van der Waals surface area contributed by atoms with E-state index in [0.29, 0.717) is 47.2 Å². The highest BCUT2D eigenvalue weighted by atomic mass is 19.1. The van der Waals surface area contributed by atoms with Crippen LogP contribution in [0.2, 0.25) is 0 Å². The van der Waals surface area contributed by atoms with E-state index >= 15 is 0 Å². The molecule has 34 heavy (non-hydrogen) atoms. The third-order valence-electron chi connectivity index (χ3n) is 7.53. The molecule has 0 aromatic carbocycles. The number of fused-ring (bicyclic) bond motifs is 5. The number of hydrogen-bond donors (Lipinski definition) is 1. The summed E-state index contributed by atoms with van der Waals surface area (Å²) in [6.45, 7) is 0.395. The average molecular weight is 465 g/mol. The van der Waals surface area contributed by atoms with Gasteiger partial charge in [-0.05, 0) is 44.6 Å². The molecule has 1 amide bonds. The van der Waals surface area contributed by atoms with Crippen LogP contribution < -0.4 is 19.7 Å². The summed E-state index contributed by atoms with van der Waals surface area (Å²) in [7, 11) is 0. The van der Waals surface area contributed by atoms with Crippen LogP contribution in [0.1, 0.15) is 60.9 Å². The third-order valence-corrected chi connectivity index (χ3v) is 7.53. The van der Waals surface area contributed by atoms with Crippen molar-refractivity contribution in [3.05, 3.63) is 41.6 Å². The summed E-state index contributed by atoms with van der Waals surface area (Å²) in [6.07, 6.45) is 10.8. The minimum absolute atomic E-state index is 0.0222. The van der Waals surface area contributed by atoms with Gasteiger partial charge in [0.25, 0.3) is 5.91 Å². The van der Waals surface area contributed by atoms with Crippen molar-refractivity contribution in [3.63, 3.8) is 0 Å². The van der Waals surface area contributed by atoms with Gasteiger partial charge in [0.1, 0.15) is 23.6 Å². The molecule has 10 heteroatoms. The van der Waals surface area contributed by atoms with Crippen molar-refractivity contribution < 1.29 is 18.7 Å². The van der Waals surface area contributed by atoms with Gasteiger partial charge in [0.2, 0.25) is 5.88 Å². The molecule has 4 bridgehead atoms. The molecule has 176 valence electrons. The molecule has 9 nitrogen and oxygen atoms in total. The molecule has 1 N–H and O–H groups in total. The number of halogens is 1. The summed E-state index contributed by atoms with van der Waals surface area (Å²) in [5, 5.41) is 7.53. The van der Waals surface area contributed by atoms with E-state index in [2.05, 4.69) is 20.3 Å². The number of hydrogen-bond acceptors (Lipinski definition) is 7. The van der Waals surface area contributed by atoms with Crippen LogP contribution in [0.3, 0.4) is 0 Å². The van der Waals surface area contributed by atoms with Gasteiger partial charge in [-0.1, -0.05) is 0 Å². The fraction of sp³-hybridized carbons (Fsp3) is 0.500. The standard InChI is InChI=1S/C24H25FN6O3/c25-14-7-13-11-30-18-5-2-6-19(18)34-20-12-31-21(29-22(20)30)17(10-27-31)23(32)28-15-3-1-4-16(8-15)33-24(13)26-9-14/h7,9-10,12,15-16,18-19H,1-6,8,11H2,(H,28,32)/t15-,16+,18-,19+/m1/s1. The lowest BCUT2D eigenvalue weighted by atomic mass is 9.92. The van der Waals surface area contributed by atoms with Crippen molar-refractivity contribution in [2.45, 2.75) is 75.8 Å². The molecular weight excluding hydrogens is 439 g/mol. The first-order valence-electron chi connectivity index (χ1n) is 12.1. The Labute approximate surface area is 195 Å². The molecule has 2 fully saturated rings. The number of pyridine rings is 1. The fourth-order valence-corrected chi connectivity index (χ4v) is 5.92. The second kappa shape index (κ2) is 7.54. The summed E-state index contributed by atoms with van der Waals surface area (Å²) in [6, 6.07) is 1.59. The SMILES string of the molecule is O=C1N[C@@H]2CCC[C@@H](C2)Oc2ncc(F)cc2CN2c3nc4c1cnn4cc3O[C@H]1CCC[C@H]12. The van der Waals surface area contributed by atoms with E-state index in [4.69, 9.17) is 14.5 Å². The second-order valence-electron chi connectivity index (χ2n) is 9.73. The number of rotatable bonds is 0. The molecule has 0 radical (unpaired) electrons. The van der Waals surface area contributed by atoms with E-state index < -0.39 is 5.82 Å². The summed E-state index contributed by atoms with van der Waals surface area (Å²) in [4.78, 5) is 24.6. The van der Waals surface area contributed by atoms with Gasteiger partial charge < -0.3 is 19.7 Å². The number of nitrogens with one attached hydrogen (secondary N) is 1. The summed E-state index contributed by atoms with van der Waals surface area (Å²) in [5.41, 5.74) is 1.61. The molecule has 0 unspecified atom stereocenters. The third kappa shape index (κ3) is 3.19. The molecule has 5 heterocycles. The maximum absolute atomic E-state index is 14.3. The zero-order chi connectivity index (χ0) is 22.8. The summed E-state index contributed by atoms with van der Waals surface area (Å²) in [5.74, 6) is 1.12. The highest BCUT2D eigenvalue weighted by molar-refractivity contribution is 6.00. The lowest BCUT2D eigenvalue weighted by molar-refractivity contribution is 0.0876. The Morgan fingerprint density at radius 1 is 1.12 bits per heavy atom. The number of aromatic nitrogens is 4. The number of ether oxygens (including phenoxy) is 2. The van der Waals surface area contributed by atoms with Gasteiger partial charge in [0, 0.05) is 18.0 Å². The molecule has 2 saturated carbocycles. The number of nitrogens with zero attached hydrogens (tertiary/aromatic N) is 5. The van der Waals surface area contributed by atoms with Crippen LogP contribution in [0.25, 0.3) is 5.65 Å². The van der Waals surface area contributed by atoms with Crippen molar-refractivity contribution in [3.8, 4) is 11.6 Å². The minimum Gasteiger partial charge on any atom is -0.483 e. The Morgan fingerprint density at radius 2 is 2.03 bits per heavy atom. The molecule has 3 aromatic heterocycles. The van der Waals surface area contributed by atoms with Gasteiger partial charge >= 0.3 is 0 Å². The Bertz CT molecular complexity index is 1300. The summed E-state index contributed by atoms with van der Waals surface area (Å²) < 4.78 is 28.6. The number of amides is 1. The van der Waals surface area contributed by atoms with Crippen molar-refractivity contribution >= 4 is 17.4 Å². The predicted molar refractivity (Wildman–Crippen MR) is 120 cm³/mol. The van der Waals surface area contributed by atoms with Gasteiger partial charge in [-0.25, -0.2) is 18.9 Å². The molecule has 0 spiro atoms.